The van der Waals surface area contributed by atoms with Crippen LogP contribution < -0.4 is 0 Å². The monoisotopic (exact) mass is 337 g/mol. The van der Waals surface area contributed by atoms with Gasteiger partial charge >= 0.3 is 5.97 Å². The van der Waals surface area contributed by atoms with Crippen molar-refractivity contribution in [3.8, 4) is 0 Å². The SMILES string of the molecule is CC(C(=O)O)N(C(=O)c1ccc(C2SCCS2)cc1)C1CC1. The molecule has 2 fully saturated rings. The van der Waals surface area contributed by atoms with E-state index in [2.05, 4.69) is 0 Å². The van der Waals surface area contributed by atoms with Crippen LogP contribution in [0.2, 0.25) is 0 Å². The summed E-state index contributed by atoms with van der Waals surface area (Å²) < 4.78 is 0.460. The molecule has 0 radical (unpaired) electrons. The number of benzene rings is 1. The predicted octanol–water partition coefficient (Wildman–Crippen LogP) is 3.24. The molecule has 6 heteroatoms. The van der Waals surface area contributed by atoms with Crippen molar-refractivity contribution in [2.24, 2.45) is 0 Å². The number of hydrogen-bond donors (Lipinski definition) is 1. The molecule has 1 saturated carbocycles. The van der Waals surface area contributed by atoms with Crippen molar-refractivity contribution >= 4 is 35.4 Å². The molecule has 0 bridgehead atoms. The van der Waals surface area contributed by atoms with E-state index in [1.165, 1.54) is 22.0 Å². The van der Waals surface area contributed by atoms with Gasteiger partial charge in [-0.15, -0.1) is 23.5 Å². The van der Waals surface area contributed by atoms with Crippen LogP contribution in [0.15, 0.2) is 24.3 Å². The lowest BCUT2D eigenvalue weighted by Crippen LogP contribution is -2.44. The number of carboxylic acids is 1. The van der Waals surface area contributed by atoms with E-state index in [9.17, 15) is 14.7 Å². The quantitative estimate of drug-likeness (QED) is 0.894. The third-order valence-corrected chi connectivity index (χ3v) is 7.11. The van der Waals surface area contributed by atoms with Crippen LogP contribution in [0.3, 0.4) is 0 Å². The van der Waals surface area contributed by atoms with Gasteiger partial charge in [0, 0.05) is 23.1 Å². The number of aliphatic carboxylic acids is 1. The molecule has 1 N–H and O–H groups in total. The van der Waals surface area contributed by atoms with Crippen LogP contribution >= 0.6 is 23.5 Å². The van der Waals surface area contributed by atoms with Gasteiger partial charge in [-0.05, 0) is 37.5 Å². The molecule has 1 amide bonds. The van der Waals surface area contributed by atoms with Crippen molar-refractivity contribution in [1.29, 1.82) is 0 Å². The fourth-order valence-corrected chi connectivity index (χ4v) is 5.47. The van der Waals surface area contributed by atoms with Crippen LogP contribution in [0.5, 0.6) is 0 Å². The van der Waals surface area contributed by atoms with Crippen LogP contribution in [-0.2, 0) is 4.79 Å². The first-order chi connectivity index (χ1) is 10.6. The first kappa shape index (κ1) is 15.7. The van der Waals surface area contributed by atoms with E-state index in [1.807, 2.05) is 47.8 Å². The number of carbonyl (C=O) groups excluding carboxylic acids is 1. The molecular weight excluding hydrogens is 318 g/mol. The second-order valence-electron chi connectivity index (χ2n) is 5.65. The van der Waals surface area contributed by atoms with Gasteiger partial charge in [-0.2, -0.15) is 0 Å². The lowest BCUT2D eigenvalue weighted by atomic mass is 10.1. The number of hydrogen-bond acceptors (Lipinski definition) is 4. The summed E-state index contributed by atoms with van der Waals surface area (Å²) in [6, 6.07) is 6.97. The zero-order chi connectivity index (χ0) is 15.7. The standard InChI is InChI=1S/C16H19NO3S2/c1-10(15(19)20)17(13-6-7-13)14(18)11-2-4-12(5-3-11)16-21-8-9-22-16/h2-5,10,13,16H,6-9H2,1H3,(H,19,20). The van der Waals surface area contributed by atoms with Crippen LogP contribution in [0.25, 0.3) is 0 Å². The summed E-state index contributed by atoms with van der Waals surface area (Å²) in [5, 5.41) is 9.21. The topological polar surface area (TPSA) is 57.6 Å². The largest absolute Gasteiger partial charge is 0.480 e. The van der Waals surface area contributed by atoms with Gasteiger partial charge in [0.2, 0.25) is 0 Å². The van der Waals surface area contributed by atoms with Crippen molar-refractivity contribution in [3.63, 3.8) is 0 Å². The number of carboxylic acid groups (broad SMARTS) is 1. The van der Waals surface area contributed by atoms with Gasteiger partial charge in [-0.25, -0.2) is 4.79 Å². The van der Waals surface area contributed by atoms with Crippen molar-refractivity contribution < 1.29 is 14.7 Å². The summed E-state index contributed by atoms with van der Waals surface area (Å²) in [6.07, 6.45) is 1.80. The van der Waals surface area contributed by atoms with Crippen molar-refractivity contribution in [1.82, 2.24) is 4.90 Å². The lowest BCUT2D eigenvalue weighted by molar-refractivity contribution is -0.141. The highest BCUT2D eigenvalue weighted by atomic mass is 32.2. The molecule has 1 atom stereocenters. The molecule has 0 spiro atoms. The van der Waals surface area contributed by atoms with Gasteiger partial charge in [0.15, 0.2) is 0 Å². The average Bonchev–Trinajstić information content (AvgIpc) is 3.19. The summed E-state index contributed by atoms with van der Waals surface area (Å²) in [7, 11) is 0. The van der Waals surface area contributed by atoms with Gasteiger partial charge in [0.05, 0.1) is 4.58 Å². The molecular formula is C16H19NO3S2. The second kappa shape index (κ2) is 6.54. The third-order valence-electron chi connectivity index (χ3n) is 4.00. The molecule has 118 valence electrons. The fourth-order valence-electron chi connectivity index (χ4n) is 2.61. The molecule has 1 aromatic rings. The third kappa shape index (κ3) is 3.27. The molecule has 4 nitrogen and oxygen atoms in total. The maximum Gasteiger partial charge on any atom is 0.326 e. The Kier molecular flexibility index (Phi) is 4.68. The molecule has 1 saturated heterocycles. The minimum absolute atomic E-state index is 0.0826. The van der Waals surface area contributed by atoms with E-state index in [0.717, 1.165) is 12.8 Å². The zero-order valence-electron chi connectivity index (χ0n) is 12.4. The number of carbonyl (C=O) groups is 2. The highest BCUT2D eigenvalue weighted by Crippen LogP contribution is 2.45. The highest BCUT2D eigenvalue weighted by Gasteiger charge is 2.38. The Morgan fingerprint density at radius 1 is 1.18 bits per heavy atom. The first-order valence-electron chi connectivity index (χ1n) is 7.46. The van der Waals surface area contributed by atoms with Crippen LogP contribution in [0.1, 0.15) is 40.3 Å². The second-order valence-corrected chi connectivity index (χ2v) is 8.38. The van der Waals surface area contributed by atoms with E-state index in [-0.39, 0.29) is 11.9 Å². The predicted molar refractivity (Wildman–Crippen MR) is 90.4 cm³/mol. The number of nitrogens with zero attached hydrogens (tertiary/aromatic N) is 1. The van der Waals surface area contributed by atoms with Crippen LogP contribution in [0, 0.1) is 0 Å². The summed E-state index contributed by atoms with van der Waals surface area (Å²) in [5.74, 6) is 1.22. The highest BCUT2D eigenvalue weighted by molar-refractivity contribution is 8.19. The summed E-state index contributed by atoms with van der Waals surface area (Å²) >= 11 is 3.86. The van der Waals surface area contributed by atoms with E-state index in [4.69, 9.17) is 0 Å². The Hall–Kier alpha value is -1.14. The molecule has 22 heavy (non-hydrogen) atoms. The van der Waals surface area contributed by atoms with Gasteiger partial charge in [0.1, 0.15) is 6.04 Å². The molecule has 1 aliphatic carbocycles. The number of thioether (sulfide) groups is 2. The Bertz CT molecular complexity index is 565. The van der Waals surface area contributed by atoms with E-state index in [1.54, 1.807) is 6.92 Å². The molecule has 1 aromatic carbocycles. The van der Waals surface area contributed by atoms with Gasteiger partial charge in [-0.1, -0.05) is 12.1 Å². The minimum atomic E-state index is -0.948. The van der Waals surface area contributed by atoms with Crippen LogP contribution in [-0.4, -0.2) is 45.5 Å². The first-order valence-corrected chi connectivity index (χ1v) is 9.56. The molecule has 3 rings (SSSR count). The fraction of sp³-hybridized carbons (Fsp3) is 0.500. The Balaban J connectivity index is 1.76. The molecule has 1 heterocycles. The maximum atomic E-state index is 12.7. The summed E-state index contributed by atoms with van der Waals surface area (Å²) in [5.41, 5.74) is 1.81. The van der Waals surface area contributed by atoms with Crippen molar-refractivity contribution in [2.45, 2.75) is 36.4 Å². The average molecular weight is 337 g/mol. The Labute approximate surface area is 138 Å². The van der Waals surface area contributed by atoms with Gasteiger partial charge in [0.25, 0.3) is 5.91 Å². The Morgan fingerprint density at radius 3 is 2.27 bits per heavy atom. The van der Waals surface area contributed by atoms with Crippen molar-refractivity contribution in [3.05, 3.63) is 35.4 Å². The smallest absolute Gasteiger partial charge is 0.326 e. The molecule has 1 unspecified atom stereocenters. The van der Waals surface area contributed by atoms with Gasteiger partial charge in [-0.3, -0.25) is 4.79 Å². The van der Waals surface area contributed by atoms with Crippen LogP contribution in [0.4, 0.5) is 0 Å². The molecule has 0 aromatic heterocycles. The number of rotatable bonds is 5. The maximum absolute atomic E-state index is 12.7. The van der Waals surface area contributed by atoms with E-state index >= 15 is 0 Å². The van der Waals surface area contributed by atoms with Crippen molar-refractivity contribution in [2.75, 3.05) is 11.5 Å². The van der Waals surface area contributed by atoms with E-state index < -0.39 is 12.0 Å². The normalized spacial score (nSPS) is 19.9. The van der Waals surface area contributed by atoms with E-state index in [0.29, 0.717) is 10.1 Å². The zero-order valence-corrected chi connectivity index (χ0v) is 14.0. The summed E-state index contributed by atoms with van der Waals surface area (Å²) in [4.78, 5) is 25.4. The lowest BCUT2D eigenvalue weighted by Gasteiger charge is -2.26. The Morgan fingerprint density at radius 2 is 1.77 bits per heavy atom. The molecule has 2 aliphatic rings. The number of amides is 1. The summed E-state index contributed by atoms with van der Waals surface area (Å²) in [6.45, 7) is 1.58. The minimum Gasteiger partial charge on any atom is -0.480 e. The molecule has 1 aliphatic heterocycles. The van der Waals surface area contributed by atoms with Gasteiger partial charge < -0.3 is 10.0 Å².